The first-order valence-corrected chi connectivity index (χ1v) is 9.69. The standard InChI is InChI=1S/C16H24OSi/c1-5-6-7-11-14-16(2,17)18(3,4)15-12-9-8-10-13-15/h8-10,12-13,17H,5-7H2,1-4H3. The molecule has 0 spiro atoms. The van der Waals surface area contributed by atoms with E-state index in [4.69, 9.17) is 0 Å². The van der Waals surface area contributed by atoms with Crippen molar-refractivity contribution in [2.24, 2.45) is 0 Å². The Hall–Kier alpha value is -1.04. The Bertz CT molecular complexity index is 423. The zero-order valence-corrected chi connectivity index (χ0v) is 13.0. The van der Waals surface area contributed by atoms with Crippen molar-refractivity contribution >= 4 is 13.3 Å². The minimum Gasteiger partial charge on any atom is -0.381 e. The summed E-state index contributed by atoms with van der Waals surface area (Å²) in [4.78, 5) is 0. The van der Waals surface area contributed by atoms with E-state index in [1.54, 1.807) is 0 Å². The van der Waals surface area contributed by atoms with Gasteiger partial charge in [-0.2, -0.15) is 0 Å². The molecule has 0 fully saturated rings. The third-order valence-corrected chi connectivity index (χ3v) is 8.04. The zero-order valence-electron chi connectivity index (χ0n) is 12.0. The quantitative estimate of drug-likeness (QED) is 0.501. The monoisotopic (exact) mass is 260 g/mol. The van der Waals surface area contributed by atoms with Crippen LogP contribution in [0.5, 0.6) is 0 Å². The topological polar surface area (TPSA) is 20.2 Å². The Labute approximate surface area is 112 Å². The van der Waals surface area contributed by atoms with Gasteiger partial charge < -0.3 is 5.11 Å². The maximum Gasteiger partial charge on any atom is 0.131 e. The van der Waals surface area contributed by atoms with Gasteiger partial charge in [-0.15, -0.1) is 5.92 Å². The second-order valence-electron chi connectivity index (χ2n) is 5.47. The molecule has 98 valence electrons. The van der Waals surface area contributed by atoms with E-state index in [-0.39, 0.29) is 0 Å². The van der Waals surface area contributed by atoms with Gasteiger partial charge >= 0.3 is 0 Å². The zero-order chi connectivity index (χ0) is 13.6. The first kappa shape index (κ1) is 15.0. The molecule has 0 aliphatic heterocycles. The summed E-state index contributed by atoms with van der Waals surface area (Å²) in [6.45, 7) is 8.38. The van der Waals surface area contributed by atoms with Crippen LogP contribution in [0.25, 0.3) is 0 Å². The van der Waals surface area contributed by atoms with Crippen molar-refractivity contribution in [3.05, 3.63) is 30.3 Å². The SMILES string of the molecule is CCCCC#CC(C)(O)[Si](C)(C)c1ccccc1. The fourth-order valence-corrected chi connectivity index (χ4v) is 3.78. The molecule has 1 aromatic carbocycles. The molecule has 1 atom stereocenters. The van der Waals surface area contributed by atoms with E-state index in [1.807, 2.05) is 25.1 Å². The van der Waals surface area contributed by atoms with Crippen LogP contribution in [0.3, 0.4) is 0 Å². The predicted octanol–water partition coefficient (Wildman–Crippen LogP) is 3.09. The molecule has 1 N–H and O–H groups in total. The van der Waals surface area contributed by atoms with Crippen LogP contribution in [-0.2, 0) is 0 Å². The first-order valence-electron chi connectivity index (χ1n) is 6.69. The van der Waals surface area contributed by atoms with Gasteiger partial charge in [-0.3, -0.25) is 0 Å². The summed E-state index contributed by atoms with van der Waals surface area (Å²) in [7, 11) is -1.99. The minimum absolute atomic E-state index is 0.873. The van der Waals surface area contributed by atoms with Crippen LogP contribution in [0.15, 0.2) is 30.3 Å². The molecular formula is C16H24OSi. The van der Waals surface area contributed by atoms with Crippen LogP contribution in [-0.4, -0.2) is 18.4 Å². The van der Waals surface area contributed by atoms with E-state index in [2.05, 4.69) is 44.0 Å². The molecule has 0 amide bonds. The van der Waals surface area contributed by atoms with Gasteiger partial charge in [-0.1, -0.05) is 67.9 Å². The molecule has 1 rings (SSSR count). The number of rotatable bonds is 4. The fraction of sp³-hybridized carbons (Fsp3) is 0.500. The Kier molecular flexibility index (Phi) is 5.19. The molecule has 0 saturated heterocycles. The van der Waals surface area contributed by atoms with Gasteiger partial charge in [0.1, 0.15) is 13.3 Å². The summed E-state index contributed by atoms with van der Waals surface area (Å²) in [5.41, 5.74) is 0. The minimum atomic E-state index is -1.99. The van der Waals surface area contributed by atoms with E-state index in [0.29, 0.717) is 0 Å². The maximum absolute atomic E-state index is 10.7. The van der Waals surface area contributed by atoms with Crippen molar-refractivity contribution in [1.29, 1.82) is 0 Å². The highest BCUT2D eigenvalue weighted by atomic mass is 28.3. The number of unbranched alkanes of at least 4 members (excludes halogenated alkanes) is 2. The third-order valence-electron chi connectivity index (χ3n) is 3.70. The highest BCUT2D eigenvalue weighted by Crippen LogP contribution is 2.19. The molecule has 2 heteroatoms. The van der Waals surface area contributed by atoms with Crippen molar-refractivity contribution in [2.75, 3.05) is 0 Å². The van der Waals surface area contributed by atoms with Crippen molar-refractivity contribution in [3.63, 3.8) is 0 Å². The smallest absolute Gasteiger partial charge is 0.131 e. The third kappa shape index (κ3) is 3.47. The van der Waals surface area contributed by atoms with Crippen molar-refractivity contribution < 1.29 is 5.11 Å². The van der Waals surface area contributed by atoms with E-state index >= 15 is 0 Å². The van der Waals surface area contributed by atoms with Gasteiger partial charge in [0, 0.05) is 6.42 Å². The molecule has 0 radical (unpaired) electrons. The molecule has 1 unspecified atom stereocenters. The Balaban J connectivity index is 2.91. The van der Waals surface area contributed by atoms with E-state index in [1.165, 1.54) is 5.19 Å². The highest BCUT2D eigenvalue weighted by molar-refractivity contribution is 6.92. The van der Waals surface area contributed by atoms with Gasteiger partial charge in [0.25, 0.3) is 0 Å². The van der Waals surface area contributed by atoms with Crippen LogP contribution in [0.1, 0.15) is 33.1 Å². The molecule has 0 aliphatic rings. The first-order chi connectivity index (χ1) is 8.42. The second kappa shape index (κ2) is 6.22. The molecule has 0 saturated carbocycles. The van der Waals surface area contributed by atoms with Gasteiger partial charge in [0.2, 0.25) is 0 Å². The van der Waals surface area contributed by atoms with E-state index in [0.717, 1.165) is 19.3 Å². The summed E-state index contributed by atoms with van der Waals surface area (Å²) < 4.78 is 0. The largest absolute Gasteiger partial charge is 0.381 e. The van der Waals surface area contributed by atoms with Crippen LogP contribution in [0.2, 0.25) is 13.1 Å². The lowest BCUT2D eigenvalue weighted by Crippen LogP contribution is -2.60. The normalized spacial score (nSPS) is 14.5. The van der Waals surface area contributed by atoms with E-state index < -0.39 is 13.3 Å². The lowest BCUT2D eigenvalue weighted by molar-refractivity contribution is 0.198. The summed E-state index contributed by atoms with van der Waals surface area (Å²) >= 11 is 0. The second-order valence-corrected chi connectivity index (χ2v) is 10.3. The number of hydrogen-bond donors (Lipinski definition) is 1. The van der Waals surface area contributed by atoms with Crippen molar-refractivity contribution in [3.8, 4) is 11.8 Å². The lowest BCUT2D eigenvalue weighted by Gasteiger charge is -2.34. The molecular weight excluding hydrogens is 236 g/mol. The van der Waals surface area contributed by atoms with Gasteiger partial charge in [-0.25, -0.2) is 0 Å². The fourth-order valence-electron chi connectivity index (χ4n) is 1.79. The molecule has 0 aliphatic carbocycles. The maximum atomic E-state index is 10.7. The van der Waals surface area contributed by atoms with Gasteiger partial charge in [0.05, 0.1) is 0 Å². The van der Waals surface area contributed by atoms with Crippen LogP contribution >= 0.6 is 0 Å². The summed E-state index contributed by atoms with van der Waals surface area (Å²) in [5, 5.41) is 11.1. The Morgan fingerprint density at radius 3 is 2.39 bits per heavy atom. The average molecular weight is 260 g/mol. The van der Waals surface area contributed by atoms with Crippen molar-refractivity contribution in [2.45, 2.75) is 51.4 Å². The van der Waals surface area contributed by atoms with Crippen LogP contribution in [0, 0.1) is 11.8 Å². The highest BCUT2D eigenvalue weighted by Gasteiger charge is 2.41. The Morgan fingerprint density at radius 2 is 1.83 bits per heavy atom. The van der Waals surface area contributed by atoms with Crippen molar-refractivity contribution in [1.82, 2.24) is 0 Å². The van der Waals surface area contributed by atoms with Crippen LogP contribution in [0.4, 0.5) is 0 Å². The van der Waals surface area contributed by atoms with Crippen LogP contribution < -0.4 is 5.19 Å². The average Bonchev–Trinajstić information content (AvgIpc) is 2.35. The molecule has 0 aromatic heterocycles. The molecule has 1 nitrogen and oxygen atoms in total. The summed E-state index contributed by atoms with van der Waals surface area (Å²) in [6, 6.07) is 10.3. The van der Waals surface area contributed by atoms with Gasteiger partial charge in [0.15, 0.2) is 0 Å². The number of hydrogen-bond acceptors (Lipinski definition) is 1. The summed E-state index contributed by atoms with van der Waals surface area (Å²) in [5.74, 6) is 6.24. The molecule has 0 heterocycles. The molecule has 0 bridgehead atoms. The molecule has 18 heavy (non-hydrogen) atoms. The predicted molar refractivity (Wildman–Crippen MR) is 81.5 cm³/mol. The van der Waals surface area contributed by atoms with Gasteiger partial charge in [-0.05, 0) is 13.3 Å². The molecule has 1 aromatic rings. The number of aliphatic hydroxyl groups is 1. The lowest BCUT2D eigenvalue weighted by atomic mass is 10.2. The number of benzene rings is 1. The van der Waals surface area contributed by atoms with E-state index in [9.17, 15) is 5.11 Å². The Morgan fingerprint density at radius 1 is 1.22 bits per heavy atom. The summed E-state index contributed by atoms with van der Waals surface area (Å²) in [6.07, 6.45) is 3.14.